The maximum Gasteiger partial charge on any atom is 0.255 e. The summed E-state index contributed by atoms with van der Waals surface area (Å²) in [4.78, 5) is 27.1. The van der Waals surface area contributed by atoms with Crippen molar-refractivity contribution in [2.75, 3.05) is 31.1 Å². The average Bonchev–Trinajstić information content (AvgIpc) is 3.32. The number of rotatable bonds is 4. The van der Waals surface area contributed by atoms with Crippen LogP contribution in [0.15, 0.2) is 42.0 Å². The van der Waals surface area contributed by atoms with Gasteiger partial charge in [0, 0.05) is 54.8 Å². The van der Waals surface area contributed by atoms with E-state index in [0.717, 1.165) is 42.5 Å². The second kappa shape index (κ2) is 7.52. The molecule has 0 aliphatic carbocycles. The van der Waals surface area contributed by atoms with Crippen LogP contribution in [0, 0.1) is 13.8 Å². The van der Waals surface area contributed by atoms with Crippen LogP contribution in [0.25, 0.3) is 0 Å². The molecule has 27 heavy (non-hydrogen) atoms. The van der Waals surface area contributed by atoms with Crippen LogP contribution in [0.2, 0.25) is 0 Å². The predicted molar refractivity (Wildman–Crippen MR) is 107 cm³/mol. The van der Waals surface area contributed by atoms with E-state index in [4.69, 9.17) is 0 Å². The first-order valence-corrected chi connectivity index (χ1v) is 10.0. The molecule has 0 radical (unpaired) electrons. The Morgan fingerprint density at radius 1 is 1.11 bits per heavy atom. The third-order valence-corrected chi connectivity index (χ3v) is 5.96. The van der Waals surface area contributed by atoms with E-state index in [1.54, 1.807) is 23.7 Å². The number of hydrogen-bond donors (Lipinski definition) is 0. The number of carbonyl (C=O) groups is 1. The van der Waals surface area contributed by atoms with Crippen LogP contribution in [0.5, 0.6) is 0 Å². The minimum Gasteiger partial charge on any atom is -0.343 e. The summed E-state index contributed by atoms with van der Waals surface area (Å²) in [5, 5.41) is 2.09. The van der Waals surface area contributed by atoms with Crippen molar-refractivity contribution in [3.8, 4) is 0 Å². The van der Waals surface area contributed by atoms with Crippen LogP contribution in [0.1, 0.15) is 26.6 Å². The van der Waals surface area contributed by atoms with Crippen molar-refractivity contribution in [2.24, 2.45) is 0 Å². The van der Waals surface area contributed by atoms with Crippen molar-refractivity contribution in [3.05, 3.63) is 63.9 Å². The molecule has 1 saturated heterocycles. The molecule has 1 fully saturated rings. The van der Waals surface area contributed by atoms with Crippen molar-refractivity contribution >= 4 is 23.2 Å². The molecule has 1 amide bonds. The molecule has 140 valence electrons. The number of hydrogen-bond acceptors (Lipinski definition) is 5. The molecule has 0 N–H and O–H groups in total. The van der Waals surface area contributed by atoms with E-state index in [2.05, 4.69) is 43.9 Å². The van der Waals surface area contributed by atoms with Crippen LogP contribution in [-0.4, -0.2) is 51.5 Å². The van der Waals surface area contributed by atoms with Crippen molar-refractivity contribution < 1.29 is 4.79 Å². The summed E-state index contributed by atoms with van der Waals surface area (Å²) in [6.45, 7) is 7.82. The molecule has 3 aromatic rings. The molecule has 1 aliphatic rings. The summed E-state index contributed by atoms with van der Waals surface area (Å²) in [6.07, 6.45) is 3.50. The topological polar surface area (TPSA) is 54.3 Å². The SMILES string of the molecule is Cc1cc(C(=O)N2CCN(c3ncccn3)CC2)c(C)n1Cc1cccs1. The van der Waals surface area contributed by atoms with Gasteiger partial charge in [-0.2, -0.15) is 0 Å². The standard InChI is InChI=1S/C20H23N5OS/c1-15-13-18(16(2)25(15)14-17-5-3-12-27-17)19(26)23-8-10-24(11-9-23)20-21-6-4-7-22-20/h3-7,12-13H,8-11,14H2,1-2H3. The Hall–Kier alpha value is -2.67. The zero-order valence-corrected chi connectivity index (χ0v) is 16.4. The predicted octanol–water partition coefficient (Wildman–Crippen LogP) is 2.97. The first kappa shape index (κ1) is 17.7. The quantitative estimate of drug-likeness (QED) is 0.697. The number of aryl methyl sites for hydroxylation is 1. The highest BCUT2D eigenvalue weighted by atomic mass is 32.1. The Kier molecular flexibility index (Phi) is 4.94. The maximum absolute atomic E-state index is 13.1. The van der Waals surface area contributed by atoms with E-state index < -0.39 is 0 Å². The second-order valence-corrected chi connectivity index (χ2v) is 7.81. The normalized spacial score (nSPS) is 14.6. The Morgan fingerprint density at radius 2 is 1.85 bits per heavy atom. The summed E-state index contributed by atoms with van der Waals surface area (Å²) in [5.41, 5.74) is 2.98. The highest BCUT2D eigenvalue weighted by molar-refractivity contribution is 7.09. The zero-order chi connectivity index (χ0) is 18.8. The third-order valence-electron chi connectivity index (χ3n) is 5.10. The van der Waals surface area contributed by atoms with Gasteiger partial charge in [0.15, 0.2) is 0 Å². The van der Waals surface area contributed by atoms with Crippen LogP contribution >= 0.6 is 11.3 Å². The summed E-state index contributed by atoms with van der Waals surface area (Å²) < 4.78 is 2.23. The summed E-state index contributed by atoms with van der Waals surface area (Å²) in [5.74, 6) is 0.855. The van der Waals surface area contributed by atoms with Gasteiger partial charge in [-0.3, -0.25) is 4.79 Å². The van der Waals surface area contributed by atoms with E-state index >= 15 is 0 Å². The van der Waals surface area contributed by atoms with Crippen molar-refractivity contribution in [1.82, 2.24) is 19.4 Å². The summed E-state index contributed by atoms with van der Waals surface area (Å²) in [6, 6.07) is 8.04. The third kappa shape index (κ3) is 3.60. The first-order chi connectivity index (χ1) is 13.1. The number of aromatic nitrogens is 3. The highest BCUT2D eigenvalue weighted by Gasteiger charge is 2.26. The van der Waals surface area contributed by atoms with Gasteiger partial charge < -0.3 is 14.4 Å². The molecule has 6 nitrogen and oxygen atoms in total. The fourth-order valence-electron chi connectivity index (χ4n) is 3.55. The van der Waals surface area contributed by atoms with Gasteiger partial charge in [-0.1, -0.05) is 6.07 Å². The monoisotopic (exact) mass is 381 g/mol. The van der Waals surface area contributed by atoms with Crippen molar-refractivity contribution in [1.29, 1.82) is 0 Å². The minimum atomic E-state index is 0.120. The highest BCUT2D eigenvalue weighted by Crippen LogP contribution is 2.21. The Labute approximate surface area is 163 Å². The fourth-order valence-corrected chi connectivity index (χ4v) is 4.25. The average molecular weight is 382 g/mol. The van der Waals surface area contributed by atoms with Gasteiger partial charge in [-0.05, 0) is 37.4 Å². The van der Waals surface area contributed by atoms with Gasteiger partial charge in [0.25, 0.3) is 5.91 Å². The van der Waals surface area contributed by atoms with E-state index in [-0.39, 0.29) is 5.91 Å². The van der Waals surface area contributed by atoms with Crippen molar-refractivity contribution in [2.45, 2.75) is 20.4 Å². The Morgan fingerprint density at radius 3 is 2.52 bits per heavy atom. The van der Waals surface area contributed by atoms with Crippen LogP contribution in [-0.2, 0) is 6.54 Å². The molecule has 0 unspecified atom stereocenters. The van der Waals surface area contributed by atoms with Crippen LogP contribution < -0.4 is 4.90 Å². The number of thiophene rings is 1. The van der Waals surface area contributed by atoms with Crippen molar-refractivity contribution in [3.63, 3.8) is 0 Å². The molecule has 7 heteroatoms. The number of carbonyl (C=O) groups excluding carboxylic acids is 1. The Balaban J connectivity index is 1.46. The number of piperazine rings is 1. The maximum atomic E-state index is 13.1. The lowest BCUT2D eigenvalue weighted by Crippen LogP contribution is -2.49. The van der Waals surface area contributed by atoms with Crippen LogP contribution in [0.4, 0.5) is 5.95 Å². The lowest BCUT2D eigenvalue weighted by atomic mass is 10.2. The summed E-state index contributed by atoms with van der Waals surface area (Å²) in [7, 11) is 0. The smallest absolute Gasteiger partial charge is 0.255 e. The van der Waals surface area contributed by atoms with Gasteiger partial charge in [-0.25, -0.2) is 9.97 Å². The molecular formula is C20H23N5OS. The molecule has 4 heterocycles. The largest absolute Gasteiger partial charge is 0.343 e. The van der Waals surface area contributed by atoms with Gasteiger partial charge in [0.05, 0.1) is 12.1 Å². The lowest BCUT2D eigenvalue weighted by Gasteiger charge is -2.34. The molecule has 0 saturated carbocycles. The van der Waals surface area contributed by atoms with E-state index in [9.17, 15) is 4.79 Å². The minimum absolute atomic E-state index is 0.120. The molecule has 0 spiro atoms. The Bertz CT molecular complexity index is 912. The number of anilines is 1. The zero-order valence-electron chi connectivity index (χ0n) is 15.6. The molecular weight excluding hydrogens is 358 g/mol. The van der Waals surface area contributed by atoms with E-state index in [1.165, 1.54) is 4.88 Å². The van der Waals surface area contributed by atoms with Gasteiger partial charge >= 0.3 is 0 Å². The number of amides is 1. The molecule has 0 atom stereocenters. The molecule has 0 aromatic carbocycles. The molecule has 1 aliphatic heterocycles. The summed E-state index contributed by atoms with van der Waals surface area (Å²) >= 11 is 1.75. The van der Waals surface area contributed by atoms with Gasteiger partial charge in [0.1, 0.15) is 0 Å². The van der Waals surface area contributed by atoms with Crippen LogP contribution in [0.3, 0.4) is 0 Å². The molecule has 0 bridgehead atoms. The number of nitrogens with zero attached hydrogens (tertiary/aromatic N) is 5. The first-order valence-electron chi connectivity index (χ1n) is 9.14. The molecule has 4 rings (SSSR count). The molecule has 3 aromatic heterocycles. The van der Waals surface area contributed by atoms with E-state index in [0.29, 0.717) is 13.1 Å². The van der Waals surface area contributed by atoms with E-state index in [1.807, 2.05) is 24.0 Å². The fraction of sp³-hybridized carbons (Fsp3) is 0.350. The second-order valence-electron chi connectivity index (χ2n) is 6.78. The van der Waals surface area contributed by atoms with Gasteiger partial charge in [0.2, 0.25) is 5.95 Å². The van der Waals surface area contributed by atoms with Gasteiger partial charge in [-0.15, -0.1) is 11.3 Å². The lowest BCUT2D eigenvalue weighted by molar-refractivity contribution is 0.0745.